The molecule has 1 aromatic heterocycles. The molecular formula is C9H17N3O. The van der Waals surface area contributed by atoms with Gasteiger partial charge in [0.05, 0.1) is 12.6 Å². The number of aromatic nitrogens is 3. The van der Waals surface area contributed by atoms with E-state index in [2.05, 4.69) is 10.1 Å². The number of aliphatic hydroxyl groups excluding tert-OH is 1. The van der Waals surface area contributed by atoms with Crippen LogP contribution in [-0.2, 0) is 19.4 Å². The van der Waals surface area contributed by atoms with E-state index in [4.69, 9.17) is 0 Å². The Morgan fingerprint density at radius 1 is 1.38 bits per heavy atom. The van der Waals surface area contributed by atoms with Crippen LogP contribution in [0.1, 0.15) is 32.4 Å². The SMILES string of the molecule is CCc1nc(CC)n(C[C@@H](C)O)n1. The second-order valence-corrected chi connectivity index (χ2v) is 3.18. The average Bonchev–Trinajstić information content (AvgIpc) is 2.46. The molecule has 0 aliphatic rings. The van der Waals surface area contributed by atoms with Crippen LogP contribution in [0.4, 0.5) is 0 Å². The van der Waals surface area contributed by atoms with E-state index in [-0.39, 0.29) is 6.10 Å². The summed E-state index contributed by atoms with van der Waals surface area (Å²) in [5, 5.41) is 13.5. The number of rotatable bonds is 4. The molecule has 0 aliphatic heterocycles. The van der Waals surface area contributed by atoms with Gasteiger partial charge >= 0.3 is 0 Å². The molecule has 0 aliphatic carbocycles. The maximum absolute atomic E-state index is 9.22. The van der Waals surface area contributed by atoms with E-state index in [1.54, 1.807) is 11.6 Å². The highest BCUT2D eigenvalue weighted by atomic mass is 16.3. The summed E-state index contributed by atoms with van der Waals surface area (Å²) in [6, 6.07) is 0. The molecule has 13 heavy (non-hydrogen) atoms. The molecule has 0 fully saturated rings. The number of aliphatic hydroxyl groups is 1. The first-order chi connectivity index (χ1) is 6.17. The summed E-state index contributed by atoms with van der Waals surface area (Å²) in [5.41, 5.74) is 0. The third kappa shape index (κ3) is 2.52. The highest BCUT2D eigenvalue weighted by Gasteiger charge is 2.08. The predicted molar refractivity (Wildman–Crippen MR) is 50.5 cm³/mol. The van der Waals surface area contributed by atoms with Gasteiger partial charge in [0.15, 0.2) is 5.82 Å². The first-order valence-corrected chi connectivity index (χ1v) is 4.78. The molecule has 0 saturated heterocycles. The van der Waals surface area contributed by atoms with Crippen molar-refractivity contribution in [3.63, 3.8) is 0 Å². The van der Waals surface area contributed by atoms with Crippen molar-refractivity contribution in [2.24, 2.45) is 0 Å². The van der Waals surface area contributed by atoms with Gasteiger partial charge in [0, 0.05) is 12.8 Å². The molecule has 4 nitrogen and oxygen atoms in total. The Kier molecular flexibility index (Phi) is 3.42. The second kappa shape index (κ2) is 4.37. The first kappa shape index (κ1) is 10.2. The molecule has 1 atom stereocenters. The van der Waals surface area contributed by atoms with Crippen molar-refractivity contribution < 1.29 is 5.11 Å². The van der Waals surface area contributed by atoms with Gasteiger partial charge in [0.25, 0.3) is 0 Å². The van der Waals surface area contributed by atoms with Crippen molar-refractivity contribution in [3.05, 3.63) is 11.6 Å². The number of nitrogens with zero attached hydrogens (tertiary/aromatic N) is 3. The van der Waals surface area contributed by atoms with Crippen LogP contribution in [0.2, 0.25) is 0 Å². The van der Waals surface area contributed by atoms with Gasteiger partial charge in [-0.25, -0.2) is 9.67 Å². The molecule has 0 amide bonds. The van der Waals surface area contributed by atoms with Crippen molar-refractivity contribution in [2.45, 2.75) is 46.3 Å². The van der Waals surface area contributed by atoms with Crippen LogP contribution in [0.3, 0.4) is 0 Å². The lowest BCUT2D eigenvalue weighted by molar-refractivity contribution is 0.166. The fourth-order valence-electron chi connectivity index (χ4n) is 1.23. The lowest BCUT2D eigenvalue weighted by Gasteiger charge is -2.05. The van der Waals surface area contributed by atoms with Crippen molar-refractivity contribution in [1.82, 2.24) is 14.8 Å². The molecule has 0 saturated carbocycles. The molecule has 1 rings (SSSR count). The van der Waals surface area contributed by atoms with Gasteiger partial charge in [-0.2, -0.15) is 5.10 Å². The topological polar surface area (TPSA) is 50.9 Å². The van der Waals surface area contributed by atoms with E-state index in [0.29, 0.717) is 6.54 Å². The molecular weight excluding hydrogens is 166 g/mol. The zero-order valence-electron chi connectivity index (χ0n) is 8.49. The highest BCUT2D eigenvalue weighted by molar-refractivity contribution is 4.92. The second-order valence-electron chi connectivity index (χ2n) is 3.18. The van der Waals surface area contributed by atoms with Gasteiger partial charge in [-0.15, -0.1) is 0 Å². The largest absolute Gasteiger partial charge is 0.391 e. The van der Waals surface area contributed by atoms with Crippen LogP contribution in [0, 0.1) is 0 Å². The minimum Gasteiger partial charge on any atom is -0.391 e. The van der Waals surface area contributed by atoms with Crippen molar-refractivity contribution in [1.29, 1.82) is 0 Å². The summed E-state index contributed by atoms with van der Waals surface area (Å²) in [5.74, 6) is 1.82. The monoisotopic (exact) mass is 183 g/mol. The Hall–Kier alpha value is -0.900. The van der Waals surface area contributed by atoms with Crippen LogP contribution in [0.15, 0.2) is 0 Å². The maximum atomic E-state index is 9.22. The van der Waals surface area contributed by atoms with Gasteiger partial charge in [0.2, 0.25) is 0 Å². The summed E-state index contributed by atoms with van der Waals surface area (Å²) in [4.78, 5) is 4.34. The van der Waals surface area contributed by atoms with Crippen molar-refractivity contribution >= 4 is 0 Å². The molecule has 0 bridgehead atoms. The summed E-state index contributed by atoms with van der Waals surface area (Å²) in [6.45, 7) is 6.37. The summed E-state index contributed by atoms with van der Waals surface area (Å²) in [7, 11) is 0. The summed E-state index contributed by atoms with van der Waals surface area (Å²) in [6.07, 6.45) is 1.34. The fraction of sp³-hybridized carbons (Fsp3) is 0.778. The molecule has 0 unspecified atom stereocenters. The average molecular weight is 183 g/mol. The lowest BCUT2D eigenvalue weighted by Crippen LogP contribution is -2.15. The Morgan fingerprint density at radius 2 is 2.08 bits per heavy atom. The Morgan fingerprint density at radius 3 is 2.54 bits per heavy atom. The lowest BCUT2D eigenvalue weighted by atomic mass is 10.4. The Bertz CT molecular complexity index is 268. The van der Waals surface area contributed by atoms with Gasteiger partial charge in [-0.3, -0.25) is 0 Å². The zero-order valence-corrected chi connectivity index (χ0v) is 8.49. The zero-order chi connectivity index (χ0) is 9.84. The van der Waals surface area contributed by atoms with Crippen LogP contribution in [0.5, 0.6) is 0 Å². The quantitative estimate of drug-likeness (QED) is 0.750. The highest BCUT2D eigenvalue weighted by Crippen LogP contribution is 2.01. The molecule has 1 N–H and O–H groups in total. The van der Waals surface area contributed by atoms with E-state index < -0.39 is 0 Å². The fourth-order valence-corrected chi connectivity index (χ4v) is 1.23. The molecule has 0 aromatic carbocycles. The summed E-state index contributed by atoms with van der Waals surface area (Å²) >= 11 is 0. The standard InChI is InChI=1S/C9H17N3O/c1-4-8-10-9(5-2)12(11-8)6-7(3)13/h7,13H,4-6H2,1-3H3/t7-/m1/s1. The number of aryl methyl sites for hydroxylation is 2. The molecule has 0 spiro atoms. The van der Waals surface area contributed by atoms with E-state index in [1.807, 2.05) is 13.8 Å². The van der Waals surface area contributed by atoms with E-state index in [1.165, 1.54) is 0 Å². The van der Waals surface area contributed by atoms with Crippen LogP contribution >= 0.6 is 0 Å². The van der Waals surface area contributed by atoms with Crippen LogP contribution in [0.25, 0.3) is 0 Å². The van der Waals surface area contributed by atoms with E-state index in [0.717, 1.165) is 24.5 Å². The van der Waals surface area contributed by atoms with E-state index >= 15 is 0 Å². The third-order valence-corrected chi connectivity index (χ3v) is 1.86. The van der Waals surface area contributed by atoms with Crippen molar-refractivity contribution in [2.75, 3.05) is 0 Å². The molecule has 4 heteroatoms. The molecule has 74 valence electrons. The summed E-state index contributed by atoms with van der Waals surface area (Å²) < 4.78 is 1.80. The van der Waals surface area contributed by atoms with Crippen LogP contribution < -0.4 is 0 Å². The molecule has 0 radical (unpaired) electrons. The smallest absolute Gasteiger partial charge is 0.150 e. The number of hydrogen-bond donors (Lipinski definition) is 1. The minimum absolute atomic E-state index is 0.364. The minimum atomic E-state index is -0.364. The predicted octanol–water partition coefficient (Wildman–Crippen LogP) is 0.784. The third-order valence-electron chi connectivity index (χ3n) is 1.86. The molecule has 1 heterocycles. The Labute approximate surface area is 78.6 Å². The van der Waals surface area contributed by atoms with Gasteiger partial charge in [0.1, 0.15) is 5.82 Å². The van der Waals surface area contributed by atoms with E-state index in [9.17, 15) is 5.11 Å². The van der Waals surface area contributed by atoms with Crippen molar-refractivity contribution in [3.8, 4) is 0 Å². The normalized spacial score (nSPS) is 13.2. The van der Waals surface area contributed by atoms with Gasteiger partial charge < -0.3 is 5.11 Å². The molecule has 1 aromatic rings. The number of hydrogen-bond acceptors (Lipinski definition) is 3. The van der Waals surface area contributed by atoms with Gasteiger partial charge in [-0.05, 0) is 6.92 Å². The van der Waals surface area contributed by atoms with Gasteiger partial charge in [-0.1, -0.05) is 13.8 Å². The maximum Gasteiger partial charge on any atom is 0.150 e. The van der Waals surface area contributed by atoms with Crippen LogP contribution in [-0.4, -0.2) is 26.0 Å². The first-order valence-electron chi connectivity index (χ1n) is 4.78. The Balaban J connectivity index is 2.84.